The van der Waals surface area contributed by atoms with Gasteiger partial charge in [-0.25, -0.2) is 9.59 Å². The van der Waals surface area contributed by atoms with Gasteiger partial charge in [0.15, 0.2) is 0 Å². The van der Waals surface area contributed by atoms with Gasteiger partial charge in [-0.2, -0.15) is 0 Å². The van der Waals surface area contributed by atoms with Crippen LogP contribution in [0.3, 0.4) is 0 Å². The zero-order valence-corrected chi connectivity index (χ0v) is 14.0. The Bertz CT molecular complexity index is 781. The molecule has 0 aliphatic carbocycles. The number of rotatable bonds is 3. The molecule has 1 aromatic heterocycles. The lowest BCUT2D eigenvalue weighted by molar-refractivity contribution is 0.0526. The zero-order valence-electron chi connectivity index (χ0n) is 14.0. The third kappa shape index (κ3) is 2.54. The summed E-state index contributed by atoms with van der Waals surface area (Å²) in [6, 6.07) is 9.38. The number of amides is 1. The fourth-order valence-corrected chi connectivity index (χ4v) is 3.00. The molecule has 1 amide bonds. The van der Waals surface area contributed by atoms with Crippen LogP contribution in [0.1, 0.15) is 37.3 Å². The Balaban J connectivity index is 2.11. The SMILES string of the molecule is CCOC(=O)c1cc2n(c1)C(C)N(C(=O)OCC)c1ccccc1-2. The molecule has 6 nitrogen and oxygen atoms in total. The van der Waals surface area contributed by atoms with Crippen LogP contribution in [-0.4, -0.2) is 29.8 Å². The first-order valence-electron chi connectivity index (χ1n) is 8.02. The van der Waals surface area contributed by atoms with Gasteiger partial charge in [0.1, 0.15) is 6.17 Å². The van der Waals surface area contributed by atoms with Crippen molar-refractivity contribution in [2.45, 2.75) is 26.9 Å². The van der Waals surface area contributed by atoms with E-state index in [1.54, 1.807) is 31.0 Å². The van der Waals surface area contributed by atoms with Gasteiger partial charge < -0.3 is 14.0 Å². The van der Waals surface area contributed by atoms with Gasteiger partial charge in [-0.05, 0) is 32.9 Å². The van der Waals surface area contributed by atoms with Crippen molar-refractivity contribution in [2.75, 3.05) is 18.1 Å². The molecule has 1 atom stereocenters. The fraction of sp³-hybridized carbons (Fsp3) is 0.333. The van der Waals surface area contributed by atoms with Crippen LogP contribution in [-0.2, 0) is 9.47 Å². The Morgan fingerprint density at radius 3 is 2.54 bits per heavy atom. The molecule has 0 saturated heterocycles. The predicted molar refractivity (Wildman–Crippen MR) is 90.0 cm³/mol. The third-order valence-electron chi connectivity index (χ3n) is 4.04. The van der Waals surface area contributed by atoms with E-state index in [1.807, 2.05) is 35.8 Å². The van der Waals surface area contributed by atoms with Crippen LogP contribution in [0.2, 0.25) is 0 Å². The molecular weight excluding hydrogens is 308 g/mol. The van der Waals surface area contributed by atoms with E-state index < -0.39 is 6.09 Å². The summed E-state index contributed by atoms with van der Waals surface area (Å²) < 4.78 is 12.2. The van der Waals surface area contributed by atoms with Crippen LogP contribution in [0.15, 0.2) is 36.5 Å². The van der Waals surface area contributed by atoms with Crippen LogP contribution in [0.4, 0.5) is 10.5 Å². The Morgan fingerprint density at radius 1 is 1.12 bits per heavy atom. The first kappa shape index (κ1) is 16.1. The van der Waals surface area contributed by atoms with E-state index in [9.17, 15) is 9.59 Å². The van der Waals surface area contributed by atoms with E-state index in [0.29, 0.717) is 18.8 Å². The number of nitrogens with zero attached hydrogens (tertiary/aromatic N) is 2. The number of fused-ring (bicyclic) bond motifs is 3. The predicted octanol–water partition coefficient (Wildman–Crippen LogP) is 3.83. The standard InChI is InChI=1S/C18H20N2O4/c1-4-23-17(21)13-10-16-14-8-6-7-9-15(14)20(18(22)24-5-2)12(3)19(16)11-13/h6-12H,4-5H2,1-3H3. The number of carbonyl (C=O) groups excluding carboxylic acids is 2. The minimum absolute atomic E-state index is 0.302. The molecule has 2 aromatic rings. The molecule has 3 rings (SSSR count). The molecule has 0 fully saturated rings. The molecule has 1 aliphatic heterocycles. The van der Waals surface area contributed by atoms with Gasteiger partial charge in [0, 0.05) is 11.8 Å². The number of aromatic nitrogens is 1. The van der Waals surface area contributed by atoms with Crippen molar-refractivity contribution < 1.29 is 19.1 Å². The highest BCUT2D eigenvalue weighted by Crippen LogP contribution is 2.41. The maximum atomic E-state index is 12.4. The van der Waals surface area contributed by atoms with Gasteiger partial charge in [0.2, 0.25) is 0 Å². The smallest absolute Gasteiger partial charge is 0.416 e. The lowest BCUT2D eigenvalue weighted by Crippen LogP contribution is -2.39. The summed E-state index contributed by atoms with van der Waals surface area (Å²) in [4.78, 5) is 26.1. The van der Waals surface area contributed by atoms with Crippen molar-refractivity contribution in [1.82, 2.24) is 4.57 Å². The van der Waals surface area contributed by atoms with Crippen molar-refractivity contribution in [3.05, 3.63) is 42.1 Å². The monoisotopic (exact) mass is 328 g/mol. The van der Waals surface area contributed by atoms with E-state index in [-0.39, 0.29) is 12.1 Å². The second-order valence-corrected chi connectivity index (χ2v) is 5.46. The van der Waals surface area contributed by atoms with Gasteiger partial charge in [-0.1, -0.05) is 18.2 Å². The molecule has 0 N–H and O–H groups in total. The number of esters is 1. The lowest BCUT2D eigenvalue weighted by Gasteiger charge is -2.36. The van der Waals surface area contributed by atoms with Crippen molar-refractivity contribution in [3.8, 4) is 11.3 Å². The normalized spacial score (nSPS) is 15.5. The third-order valence-corrected chi connectivity index (χ3v) is 4.04. The molecule has 6 heteroatoms. The number of ether oxygens (including phenoxy) is 2. The topological polar surface area (TPSA) is 60.8 Å². The number of anilines is 1. The quantitative estimate of drug-likeness (QED) is 0.804. The van der Waals surface area contributed by atoms with Crippen LogP contribution >= 0.6 is 0 Å². The molecule has 0 radical (unpaired) electrons. The van der Waals surface area contributed by atoms with Crippen LogP contribution in [0, 0.1) is 0 Å². The number of para-hydroxylation sites is 1. The van der Waals surface area contributed by atoms with Gasteiger partial charge in [-0.15, -0.1) is 0 Å². The number of hydrogen-bond acceptors (Lipinski definition) is 4. The molecular formula is C18H20N2O4. The molecule has 2 heterocycles. The number of hydrogen-bond donors (Lipinski definition) is 0. The highest BCUT2D eigenvalue weighted by atomic mass is 16.6. The Hall–Kier alpha value is -2.76. The summed E-state index contributed by atoms with van der Waals surface area (Å²) in [6.07, 6.45) is 1.01. The van der Waals surface area contributed by atoms with Crippen molar-refractivity contribution >= 4 is 17.7 Å². The average molecular weight is 328 g/mol. The number of benzene rings is 1. The van der Waals surface area contributed by atoms with Gasteiger partial charge in [0.05, 0.1) is 30.2 Å². The van der Waals surface area contributed by atoms with E-state index in [4.69, 9.17) is 9.47 Å². The van der Waals surface area contributed by atoms with Crippen molar-refractivity contribution in [3.63, 3.8) is 0 Å². The van der Waals surface area contributed by atoms with Crippen molar-refractivity contribution in [2.24, 2.45) is 0 Å². The minimum Gasteiger partial charge on any atom is -0.462 e. The summed E-state index contributed by atoms with van der Waals surface area (Å²) in [5.41, 5.74) is 2.99. The molecule has 0 saturated carbocycles. The Kier molecular flexibility index (Phi) is 4.29. The molecule has 0 bridgehead atoms. The van der Waals surface area contributed by atoms with E-state index in [2.05, 4.69) is 0 Å². The van der Waals surface area contributed by atoms with Crippen LogP contribution in [0.5, 0.6) is 0 Å². The summed E-state index contributed by atoms with van der Waals surface area (Å²) >= 11 is 0. The van der Waals surface area contributed by atoms with Gasteiger partial charge in [0.25, 0.3) is 0 Å². The summed E-state index contributed by atoms with van der Waals surface area (Å²) in [5, 5.41) is 0. The molecule has 1 unspecified atom stereocenters. The second-order valence-electron chi connectivity index (χ2n) is 5.46. The first-order chi connectivity index (χ1) is 11.6. The minimum atomic E-state index is -0.408. The maximum absolute atomic E-state index is 12.4. The highest BCUT2D eigenvalue weighted by molar-refractivity contribution is 5.97. The first-order valence-corrected chi connectivity index (χ1v) is 8.02. The summed E-state index contributed by atoms with van der Waals surface area (Å²) in [6.45, 7) is 6.06. The van der Waals surface area contributed by atoms with Crippen molar-refractivity contribution in [1.29, 1.82) is 0 Å². The van der Waals surface area contributed by atoms with E-state index in [1.165, 1.54) is 0 Å². The zero-order chi connectivity index (χ0) is 17.3. The van der Waals surface area contributed by atoms with Gasteiger partial charge >= 0.3 is 12.1 Å². The second kappa shape index (κ2) is 6.39. The lowest BCUT2D eigenvalue weighted by atomic mass is 10.1. The molecule has 0 spiro atoms. The molecule has 126 valence electrons. The molecule has 1 aromatic carbocycles. The van der Waals surface area contributed by atoms with E-state index in [0.717, 1.165) is 16.9 Å². The summed E-state index contributed by atoms with van der Waals surface area (Å²) in [7, 11) is 0. The fourth-order valence-electron chi connectivity index (χ4n) is 3.00. The molecule has 24 heavy (non-hydrogen) atoms. The van der Waals surface area contributed by atoms with Crippen LogP contribution < -0.4 is 4.90 Å². The highest BCUT2D eigenvalue weighted by Gasteiger charge is 2.33. The maximum Gasteiger partial charge on any atom is 0.416 e. The Labute approximate surface area is 140 Å². The largest absolute Gasteiger partial charge is 0.462 e. The summed E-state index contributed by atoms with van der Waals surface area (Å²) in [5.74, 6) is -0.369. The van der Waals surface area contributed by atoms with Gasteiger partial charge in [-0.3, -0.25) is 4.90 Å². The average Bonchev–Trinajstić information content (AvgIpc) is 3.02. The van der Waals surface area contributed by atoms with Crippen LogP contribution in [0.25, 0.3) is 11.3 Å². The number of carbonyl (C=O) groups is 2. The molecule has 1 aliphatic rings. The van der Waals surface area contributed by atoms with E-state index >= 15 is 0 Å². The Morgan fingerprint density at radius 2 is 1.83 bits per heavy atom.